The first kappa shape index (κ1) is 13.8. The monoisotopic (exact) mass is 334 g/mol. The highest BCUT2D eigenvalue weighted by molar-refractivity contribution is 9.10. The van der Waals surface area contributed by atoms with Gasteiger partial charge in [-0.15, -0.1) is 0 Å². The minimum absolute atomic E-state index is 0.00454. The topological polar surface area (TPSA) is 37.3 Å². The van der Waals surface area contributed by atoms with Gasteiger partial charge in [-0.2, -0.15) is 0 Å². The molecular weight excluding hydrogens is 322 g/mol. The van der Waals surface area contributed by atoms with Gasteiger partial charge >= 0.3 is 5.97 Å². The maximum atomic E-state index is 13.7. The summed E-state index contributed by atoms with van der Waals surface area (Å²) >= 11 is 8.92. The fraction of sp³-hybridized carbons (Fsp3) is 0.462. The zero-order chi connectivity index (χ0) is 13.3. The largest absolute Gasteiger partial charge is 0.481 e. The molecule has 0 bridgehead atoms. The molecule has 18 heavy (non-hydrogen) atoms. The Labute approximate surface area is 118 Å². The molecule has 1 saturated carbocycles. The van der Waals surface area contributed by atoms with Crippen LogP contribution >= 0.6 is 27.5 Å². The Hall–Kier alpha value is -0.610. The van der Waals surface area contributed by atoms with Crippen molar-refractivity contribution in [3.05, 3.63) is 33.0 Å². The molecule has 0 heterocycles. The first-order valence-electron chi connectivity index (χ1n) is 5.86. The summed E-state index contributed by atoms with van der Waals surface area (Å²) in [5.74, 6) is -1.46. The summed E-state index contributed by atoms with van der Waals surface area (Å²) in [5, 5.41) is 9.52. The van der Waals surface area contributed by atoms with Crippen molar-refractivity contribution in [2.24, 2.45) is 0 Å². The molecule has 0 radical (unpaired) electrons. The van der Waals surface area contributed by atoms with Gasteiger partial charge in [0.2, 0.25) is 0 Å². The highest BCUT2D eigenvalue weighted by Crippen LogP contribution is 2.42. The minimum Gasteiger partial charge on any atom is -0.481 e. The highest BCUT2D eigenvalue weighted by atomic mass is 79.9. The zero-order valence-electron chi connectivity index (χ0n) is 9.68. The van der Waals surface area contributed by atoms with E-state index in [4.69, 9.17) is 11.6 Å². The highest BCUT2D eigenvalue weighted by Gasteiger charge is 2.41. The third-order valence-electron chi connectivity index (χ3n) is 3.65. The van der Waals surface area contributed by atoms with Gasteiger partial charge < -0.3 is 5.11 Å². The number of aliphatic carboxylic acids is 1. The Morgan fingerprint density at radius 3 is 2.44 bits per heavy atom. The number of carbonyl (C=O) groups is 1. The minimum atomic E-state index is -0.966. The van der Waals surface area contributed by atoms with Gasteiger partial charge in [0.15, 0.2) is 0 Å². The van der Waals surface area contributed by atoms with Crippen LogP contribution in [0, 0.1) is 5.82 Å². The molecule has 1 aromatic rings. The third kappa shape index (κ3) is 2.28. The Bertz CT molecular complexity index is 461. The smallest absolute Gasteiger partial charge is 0.314 e. The maximum Gasteiger partial charge on any atom is 0.314 e. The number of benzene rings is 1. The average molecular weight is 336 g/mol. The van der Waals surface area contributed by atoms with Crippen LogP contribution in [0.3, 0.4) is 0 Å². The Morgan fingerprint density at radius 1 is 1.33 bits per heavy atom. The fourth-order valence-electron chi connectivity index (χ4n) is 2.61. The summed E-state index contributed by atoms with van der Waals surface area (Å²) < 4.78 is 14.1. The lowest BCUT2D eigenvalue weighted by Crippen LogP contribution is -2.37. The number of halogens is 3. The number of hydrogen-bond acceptors (Lipinski definition) is 1. The second kappa shape index (κ2) is 5.17. The molecule has 0 spiro atoms. The van der Waals surface area contributed by atoms with Crippen LogP contribution in [0.15, 0.2) is 16.6 Å². The fourth-order valence-corrected chi connectivity index (χ4v) is 3.16. The van der Waals surface area contributed by atoms with E-state index in [1.807, 2.05) is 0 Å². The molecule has 1 aromatic carbocycles. The van der Waals surface area contributed by atoms with Crippen molar-refractivity contribution >= 4 is 33.5 Å². The van der Waals surface area contributed by atoms with Gasteiger partial charge in [0.1, 0.15) is 5.82 Å². The molecule has 5 heteroatoms. The number of carboxylic acid groups (broad SMARTS) is 1. The van der Waals surface area contributed by atoms with E-state index in [9.17, 15) is 14.3 Å². The lowest BCUT2D eigenvalue weighted by molar-refractivity contribution is -0.145. The lowest BCUT2D eigenvalue weighted by Gasteiger charge is -2.33. The Morgan fingerprint density at radius 2 is 1.94 bits per heavy atom. The number of hydrogen-bond donors (Lipinski definition) is 1. The molecule has 0 saturated heterocycles. The summed E-state index contributed by atoms with van der Waals surface area (Å²) in [5.41, 5.74) is -0.463. The summed E-state index contributed by atoms with van der Waals surface area (Å²) in [7, 11) is 0. The second-order valence-corrected chi connectivity index (χ2v) is 5.93. The van der Waals surface area contributed by atoms with Gasteiger partial charge in [0.25, 0.3) is 0 Å². The summed E-state index contributed by atoms with van der Waals surface area (Å²) in [6.45, 7) is 0. The van der Waals surface area contributed by atoms with E-state index < -0.39 is 17.2 Å². The molecule has 1 aliphatic carbocycles. The molecule has 1 N–H and O–H groups in total. The van der Waals surface area contributed by atoms with Crippen molar-refractivity contribution in [2.45, 2.75) is 37.5 Å². The van der Waals surface area contributed by atoms with Crippen LogP contribution in [0.5, 0.6) is 0 Å². The van der Waals surface area contributed by atoms with Gasteiger partial charge in [0, 0.05) is 4.47 Å². The molecule has 0 atom stereocenters. The van der Waals surface area contributed by atoms with Crippen LogP contribution in [-0.2, 0) is 10.2 Å². The standard InChI is InChI=1S/C13H13BrClFO2/c14-9-6-8(7-10(16)11(9)15)13(12(17)18)4-2-1-3-5-13/h6-7H,1-5H2,(H,17,18). The maximum absolute atomic E-state index is 13.7. The summed E-state index contributed by atoms with van der Waals surface area (Å²) in [4.78, 5) is 11.6. The predicted molar refractivity (Wildman–Crippen MR) is 71.5 cm³/mol. The summed E-state index contributed by atoms with van der Waals surface area (Å²) in [6.07, 6.45) is 3.85. The quantitative estimate of drug-likeness (QED) is 0.806. The van der Waals surface area contributed by atoms with Gasteiger partial charge in [-0.05, 0) is 46.5 Å². The molecule has 0 aliphatic heterocycles. The van der Waals surface area contributed by atoms with Crippen LogP contribution in [0.4, 0.5) is 4.39 Å². The average Bonchev–Trinajstić information content (AvgIpc) is 2.36. The molecule has 2 nitrogen and oxygen atoms in total. The molecule has 0 unspecified atom stereocenters. The van der Waals surface area contributed by atoms with Crippen molar-refractivity contribution in [3.63, 3.8) is 0 Å². The third-order valence-corrected chi connectivity index (χ3v) is 4.89. The van der Waals surface area contributed by atoms with Crippen LogP contribution in [-0.4, -0.2) is 11.1 Å². The van der Waals surface area contributed by atoms with Crippen molar-refractivity contribution in [1.82, 2.24) is 0 Å². The van der Waals surface area contributed by atoms with E-state index in [0.29, 0.717) is 22.9 Å². The van der Waals surface area contributed by atoms with Crippen LogP contribution in [0.25, 0.3) is 0 Å². The number of rotatable bonds is 2. The number of carboxylic acids is 1. The first-order chi connectivity index (χ1) is 8.47. The van der Waals surface area contributed by atoms with Gasteiger partial charge in [0.05, 0.1) is 10.4 Å². The van der Waals surface area contributed by atoms with Crippen molar-refractivity contribution in [1.29, 1.82) is 0 Å². The summed E-state index contributed by atoms with van der Waals surface area (Å²) in [6, 6.07) is 2.89. The molecule has 1 aliphatic rings. The van der Waals surface area contributed by atoms with E-state index in [1.54, 1.807) is 6.07 Å². The first-order valence-corrected chi connectivity index (χ1v) is 7.03. The van der Waals surface area contributed by atoms with Gasteiger partial charge in [-0.3, -0.25) is 4.79 Å². The van der Waals surface area contributed by atoms with E-state index >= 15 is 0 Å². The molecule has 98 valence electrons. The van der Waals surface area contributed by atoms with Gasteiger partial charge in [-0.1, -0.05) is 30.9 Å². The van der Waals surface area contributed by atoms with Crippen molar-refractivity contribution in [3.8, 4) is 0 Å². The second-order valence-electron chi connectivity index (χ2n) is 4.70. The van der Waals surface area contributed by atoms with E-state index in [0.717, 1.165) is 19.3 Å². The normalized spacial score (nSPS) is 18.6. The zero-order valence-corrected chi connectivity index (χ0v) is 12.0. The van der Waals surface area contributed by atoms with Crippen molar-refractivity contribution < 1.29 is 14.3 Å². The Kier molecular flexibility index (Phi) is 3.97. The van der Waals surface area contributed by atoms with Crippen molar-refractivity contribution in [2.75, 3.05) is 0 Å². The molecule has 0 amide bonds. The van der Waals surface area contributed by atoms with E-state index in [-0.39, 0.29) is 5.02 Å². The van der Waals surface area contributed by atoms with E-state index in [1.165, 1.54) is 6.07 Å². The van der Waals surface area contributed by atoms with E-state index in [2.05, 4.69) is 15.9 Å². The predicted octanol–water partition coefficient (Wildman–Crippen LogP) is 4.53. The SMILES string of the molecule is O=C(O)C1(c2cc(F)c(Cl)c(Br)c2)CCCCC1. The molecule has 0 aromatic heterocycles. The van der Waals surface area contributed by atoms with Gasteiger partial charge in [-0.25, -0.2) is 4.39 Å². The molecular formula is C13H13BrClFO2. The molecule has 2 rings (SSSR count). The Balaban J connectivity index is 2.52. The van der Waals surface area contributed by atoms with Crippen LogP contribution < -0.4 is 0 Å². The van der Waals surface area contributed by atoms with Crippen LogP contribution in [0.1, 0.15) is 37.7 Å². The van der Waals surface area contributed by atoms with Crippen LogP contribution in [0.2, 0.25) is 5.02 Å². The molecule has 1 fully saturated rings. The lowest BCUT2D eigenvalue weighted by atomic mass is 9.69.